The van der Waals surface area contributed by atoms with Crippen molar-refractivity contribution >= 4 is 29.6 Å². The number of imide groups is 1. The molecule has 0 saturated carbocycles. The van der Waals surface area contributed by atoms with Crippen molar-refractivity contribution in [2.45, 2.75) is 13.5 Å². The fraction of sp³-hybridized carbons (Fsp3) is 0.174. The number of esters is 1. The lowest BCUT2D eigenvalue weighted by Gasteiger charge is -2.15. The molecule has 0 atom stereocenters. The van der Waals surface area contributed by atoms with E-state index in [1.54, 1.807) is 37.3 Å². The molecular formula is C23H19N3O7. The van der Waals surface area contributed by atoms with Gasteiger partial charge in [0, 0.05) is 6.07 Å². The van der Waals surface area contributed by atoms with Crippen LogP contribution in [0.15, 0.2) is 53.1 Å². The minimum Gasteiger partial charge on any atom is -0.496 e. The summed E-state index contributed by atoms with van der Waals surface area (Å²) in [6, 6.07) is 12.7. The van der Waals surface area contributed by atoms with Gasteiger partial charge in [-0.3, -0.25) is 24.6 Å². The van der Waals surface area contributed by atoms with Crippen LogP contribution in [-0.4, -0.2) is 47.5 Å². The second-order valence-electron chi connectivity index (χ2n) is 7.23. The molecule has 0 saturated heterocycles. The third kappa shape index (κ3) is 4.45. The first-order valence-corrected chi connectivity index (χ1v) is 9.90. The number of carbonyl (C=O) groups is 4. The van der Waals surface area contributed by atoms with Gasteiger partial charge in [-0.25, -0.2) is 4.79 Å². The molecule has 0 spiro atoms. The van der Waals surface area contributed by atoms with E-state index >= 15 is 0 Å². The SMILES string of the molecule is COc1ccc(CN2C(=O)c3ccccc3C2=O)cc1C(=O)OCC(=O)Nc1cc(C)no1. The van der Waals surface area contributed by atoms with Crippen molar-refractivity contribution < 1.29 is 33.2 Å². The first-order chi connectivity index (χ1) is 15.9. The van der Waals surface area contributed by atoms with Gasteiger partial charge in [0.2, 0.25) is 5.88 Å². The number of amides is 3. The summed E-state index contributed by atoms with van der Waals surface area (Å²) >= 11 is 0. The molecule has 0 bridgehead atoms. The predicted molar refractivity (Wildman–Crippen MR) is 114 cm³/mol. The van der Waals surface area contributed by atoms with Gasteiger partial charge in [-0.1, -0.05) is 23.4 Å². The molecule has 3 aromatic rings. The molecule has 168 valence electrons. The van der Waals surface area contributed by atoms with Gasteiger partial charge in [0.05, 0.1) is 30.5 Å². The van der Waals surface area contributed by atoms with Gasteiger partial charge in [0.15, 0.2) is 6.61 Å². The molecule has 0 radical (unpaired) electrons. The minimum absolute atomic E-state index is 0.0397. The Morgan fingerprint density at radius 2 is 1.76 bits per heavy atom. The number of ether oxygens (including phenoxy) is 2. The normalized spacial score (nSPS) is 12.5. The molecule has 0 aliphatic carbocycles. The quantitative estimate of drug-likeness (QED) is 0.431. The molecular weight excluding hydrogens is 430 g/mol. The summed E-state index contributed by atoms with van der Waals surface area (Å²) in [4.78, 5) is 51.0. The molecule has 1 aliphatic heterocycles. The summed E-state index contributed by atoms with van der Waals surface area (Å²) in [5, 5.41) is 6.06. The summed E-state index contributed by atoms with van der Waals surface area (Å²) in [7, 11) is 1.38. The van der Waals surface area contributed by atoms with Gasteiger partial charge in [0.25, 0.3) is 17.7 Å². The zero-order valence-corrected chi connectivity index (χ0v) is 17.8. The Labute approximate surface area is 188 Å². The molecule has 0 fully saturated rings. The molecule has 10 heteroatoms. The lowest BCUT2D eigenvalue weighted by atomic mass is 10.1. The Kier molecular flexibility index (Phi) is 5.90. The monoisotopic (exact) mass is 449 g/mol. The van der Waals surface area contributed by atoms with Crippen LogP contribution in [0.25, 0.3) is 0 Å². The van der Waals surface area contributed by atoms with Crippen molar-refractivity contribution in [1.29, 1.82) is 0 Å². The van der Waals surface area contributed by atoms with Gasteiger partial charge in [0.1, 0.15) is 11.3 Å². The minimum atomic E-state index is -0.806. The van der Waals surface area contributed by atoms with Crippen molar-refractivity contribution in [2.75, 3.05) is 19.0 Å². The average Bonchev–Trinajstić information content (AvgIpc) is 3.33. The first kappa shape index (κ1) is 21.8. The maximum absolute atomic E-state index is 12.6. The molecule has 2 heterocycles. The first-order valence-electron chi connectivity index (χ1n) is 9.90. The molecule has 10 nitrogen and oxygen atoms in total. The van der Waals surface area contributed by atoms with Crippen LogP contribution in [0.5, 0.6) is 5.75 Å². The van der Waals surface area contributed by atoms with Gasteiger partial charge in [-0.2, -0.15) is 0 Å². The van der Waals surface area contributed by atoms with E-state index in [0.29, 0.717) is 22.4 Å². The Hall–Kier alpha value is -4.47. The summed E-state index contributed by atoms with van der Waals surface area (Å²) in [6.07, 6.45) is 0. The van der Waals surface area contributed by atoms with Crippen molar-refractivity contribution in [2.24, 2.45) is 0 Å². The van der Waals surface area contributed by atoms with Crippen LogP contribution in [0, 0.1) is 6.92 Å². The molecule has 1 aromatic heterocycles. The van der Waals surface area contributed by atoms with Gasteiger partial charge < -0.3 is 14.0 Å². The second-order valence-corrected chi connectivity index (χ2v) is 7.23. The number of hydrogen-bond donors (Lipinski definition) is 1. The number of carbonyl (C=O) groups excluding carboxylic acids is 4. The number of methoxy groups -OCH3 is 1. The summed E-state index contributed by atoms with van der Waals surface area (Å²) < 4.78 is 15.2. The number of fused-ring (bicyclic) bond motifs is 1. The summed E-state index contributed by atoms with van der Waals surface area (Å²) in [5.41, 5.74) is 1.82. The highest BCUT2D eigenvalue weighted by molar-refractivity contribution is 6.21. The Morgan fingerprint density at radius 1 is 1.06 bits per heavy atom. The van der Waals surface area contributed by atoms with E-state index in [-0.39, 0.29) is 23.7 Å². The van der Waals surface area contributed by atoms with Crippen LogP contribution in [0.4, 0.5) is 5.88 Å². The third-order valence-electron chi connectivity index (χ3n) is 4.93. The Bertz CT molecular complexity index is 1230. The predicted octanol–water partition coefficient (Wildman–Crippen LogP) is 2.58. The number of nitrogens with one attached hydrogen (secondary N) is 1. The molecule has 33 heavy (non-hydrogen) atoms. The average molecular weight is 449 g/mol. The summed E-state index contributed by atoms with van der Waals surface area (Å²) in [5.74, 6) is -1.88. The summed E-state index contributed by atoms with van der Waals surface area (Å²) in [6.45, 7) is 1.09. The smallest absolute Gasteiger partial charge is 0.342 e. The number of hydrogen-bond acceptors (Lipinski definition) is 8. The number of nitrogens with zero attached hydrogens (tertiary/aromatic N) is 2. The lowest BCUT2D eigenvalue weighted by molar-refractivity contribution is -0.119. The van der Waals surface area contributed by atoms with E-state index in [1.165, 1.54) is 25.3 Å². The van der Waals surface area contributed by atoms with Crippen molar-refractivity contribution in [3.63, 3.8) is 0 Å². The zero-order valence-electron chi connectivity index (χ0n) is 17.8. The van der Waals surface area contributed by atoms with E-state index in [9.17, 15) is 19.2 Å². The Morgan fingerprint density at radius 3 is 2.36 bits per heavy atom. The maximum atomic E-state index is 12.6. The van der Waals surface area contributed by atoms with Crippen LogP contribution in [0.1, 0.15) is 42.3 Å². The highest BCUT2D eigenvalue weighted by atomic mass is 16.5. The van der Waals surface area contributed by atoms with Crippen molar-refractivity contribution in [3.8, 4) is 5.75 Å². The number of benzene rings is 2. The fourth-order valence-corrected chi connectivity index (χ4v) is 3.38. The van der Waals surface area contributed by atoms with Gasteiger partial charge in [-0.05, 0) is 36.8 Å². The van der Waals surface area contributed by atoms with E-state index in [0.717, 1.165) is 4.90 Å². The standard InChI is InChI=1S/C23H19N3O7/c1-13-9-20(33-25-13)24-19(27)12-32-23(30)17-10-14(7-8-18(17)31-2)11-26-21(28)15-5-3-4-6-16(15)22(26)29/h3-10H,11-12H2,1-2H3,(H,24,27). The maximum Gasteiger partial charge on any atom is 0.342 e. The zero-order chi connectivity index (χ0) is 23.5. The van der Waals surface area contributed by atoms with Crippen LogP contribution < -0.4 is 10.1 Å². The number of aromatic nitrogens is 1. The number of aryl methyl sites for hydroxylation is 1. The van der Waals surface area contributed by atoms with E-state index < -0.39 is 30.3 Å². The van der Waals surface area contributed by atoms with E-state index in [2.05, 4.69) is 10.5 Å². The number of rotatable bonds is 7. The largest absolute Gasteiger partial charge is 0.496 e. The lowest BCUT2D eigenvalue weighted by Crippen LogP contribution is -2.29. The number of anilines is 1. The topological polar surface area (TPSA) is 128 Å². The molecule has 0 unspecified atom stereocenters. The van der Waals surface area contributed by atoms with Gasteiger partial charge in [-0.15, -0.1) is 0 Å². The molecule has 1 N–H and O–H groups in total. The van der Waals surface area contributed by atoms with Crippen molar-refractivity contribution in [1.82, 2.24) is 10.1 Å². The van der Waals surface area contributed by atoms with Gasteiger partial charge >= 0.3 is 5.97 Å². The van der Waals surface area contributed by atoms with Crippen LogP contribution >= 0.6 is 0 Å². The van der Waals surface area contributed by atoms with Crippen LogP contribution in [-0.2, 0) is 16.1 Å². The molecule has 1 aliphatic rings. The molecule has 4 rings (SSSR count). The Balaban J connectivity index is 1.45. The molecule has 2 aromatic carbocycles. The van der Waals surface area contributed by atoms with Crippen molar-refractivity contribution in [3.05, 3.63) is 76.5 Å². The highest BCUT2D eigenvalue weighted by Crippen LogP contribution is 2.26. The second kappa shape index (κ2) is 8.95. The van der Waals surface area contributed by atoms with Crippen LogP contribution in [0.2, 0.25) is 0 Å². The highest BCUT2D eigenvalue weighted by Gasteiger charge is 2.35. The van der Waals surface area contributed by atoms with E-state index in [4.69, 9.17) is 14.0 Å². The van der Waals surface area contributed by atoms with Crippen LogP contribution in [0.3, 0.4) is 0 Å². The molecule has 3 amide bonds. The van der Waals surface area contributed by atoms with E-state index in [1.807, 2.05) is 0 Å². The third-order valence-corrected chi connectivity index (χ3v) is 4.93. The fourth-order valence-electron chi connectivity index (χ4n) is 3.38.